The standard InChI is InChI=1S/C15H17Cl2FN2O/c1-8(2)14-13(15(17)20(3)19-14)12(21)6-9-4-5-10(16)7-11(9)18/h4-5,7-8,12,21H,6H2,1-3H3. The van der Waals surface area contributed by atoms with E-state index in [1.54, 1.807) is 19.2 Å². The highest BCUT2D eigenvalue weighted by atomic mass is 35.5. The van der Waals surface area contributed by atoms with E-state index in [9.17, 15) is 9.50 Å². The molecule has 1 aromatic carbocycles. The summed E-state index contributed by atoms with van der Waals surface area (Å²) in [5, 5.41) is 15.5. The molecule has 0 saturated carbocycles. The Balaban J connectivity index is 2.34. The molecule has 114 valence electrons. The lowest BCUT2D eigenvalue weighted by Crippen LogP contribution is -2.07. The minimum atomic E-state index is -0.917. The van der Waals surface area contributed by atoms with Gasteiger partial charge in [-0.2, -0.15) is 5.10 Å². The first-order chi connectivity index (χ1) is 9.81. The SMILES string of the molecule is CC(C)c1nn(C)c(Cl)c1C(O)Cc1ccc(Cl)cc1F. The Morgan fingerprint density at radius 2 is 2.00 bits per heavy atom. The molecule has 2 rings (SSSR count). The van der Waals surface area contributed by atoms with Gasteiger partial charge in [0.1, 0.15) is 11.0 Å². The molecule has 1 N–H and O–H groups in total. The number of hydrogen-bond acceptors (Lipinski definition) is 2. The molecule has 0 aliphatic rings. The van der Waals surface area contributed by atoms with Gasteiger partial charge in [-0.25, -0.2) is 4.39 Å². The van der Waals surface area contributed by atoms with Gasteiger partial charge in [-0.15, -0.1) is 0 Å². The minimum Gasteiger partial charge on any atom is -0.388 e. The first kappa shape index (κ1) is 16.3. The molecule has 2 aromatic rings. The van der Waals surface area contributed by atoms with Gasteiger partial charge in [0.15, 0.2) is 0 Å². The Morgan fingerprint density at radius 1 is 1.33 bits per heavy atom. The Morgan fingerprint density at radius 3 is 2.57 bits per heavy atom. The highest BCUT2D eigenvalue weighted by Crippen LogP contribution is 2.33. The number of aromatic nitrogens is 2. The van der Waals surface area contributed by atoms with E-state index in [0.717, 1.165) is 5.69 Å². The first-order valence-electron chi connectivity index (χ1n) is 6.65. The third-order valence-corrected chi connectivity index (χ3v) is 4.03. The molecule has 6 heteroatoms. The second-order valence-corrected chi connectivity index (χ2v) is 6.12. The van der Waals surface area contributed by atoms with Crippen molar-refractivity contribution in [3.05, 3.63) is 51.0 Å². The third kappa shape index (κ3) is 3.39. The summed E-state index contributed by atoms with van der Waals surface area (Å²) < 4.78 is 15.4. The third-order valence-electron chi connectivity index (χ3n) is 3.35. The van der Waals surface area contributed by atoms with E-state index in [-0.39, 0.29) is 12.3 Å². The van der Waals surface area contributed by atoms with Gasteiger partial charge < -0.3 is 5.11 Å². The second-order valence-electron chi connectivity index (χ2n) is 5.32. The summed E-state index contributed by atoms with van der Waals surface area (Å²) in [5.74, 6) is -0.323. The lowest BCUT2D eigenvalue weighted by atomic mass is 9.97. The summed E-state index contributed by atoms with van der Waals surface area (Å²) in [6, 6.07) is 4.40. The fourth-order valence-corrected chi connectivity index (χ4v) is 2.69. The number of halogens is 3. The van der Waals surface area contributed by atoms with Crippen LogP contribution < -0.4 is 0 Å². The zero-order valence-corrected chi connectivity index (χ0v) is 13.6. The van der Waals surface area contributed by atoms with E-state index in [1.807, 2.05) is 13.8 Å². The van der Waals surface area contributed by atoms with Gasteiger partial charge in [-0.1, -0.05) is 43.1 Å². The number of aryl methyl sites for hydroxylation is 1. The van der Waals surface area contributed by atoms with Gasteiger partial charge >= 0.3 is 0 Å². The van der Waals surface area contributed by atoms with Gasteiger partial charge in [0.05, 0.1) is 11.8 Å². The van der Waals surface area contributed by atoms with Crippen LogP contribution in [0, 0.1) is 5.82 Å². The molecule has 0 aliphatic heterocycles. The molecule has 0 amide bonds. The monoisotopic (exact) mass is 330 g/mol. The van der Waals surface area contributed by atoms with Crippen LogP contribution in [0.4, 0.5) is 4.39 Å². The Labute approximate surface area is 133 Å². The van der Waals surface area contributed by atoms with Gasteiger partial charge in [0.2, 0.25) is 0 Å². The molecule has 0 bridgehead atoms. The van der Waals surface area contributed by atoms with Crippen molar-refractivity contribution >= 4 is 23.2 Å². The van der Waals surface area contributed by atoms with Crippen LogP contribution in [0.1, 0.15) is 42.7 Å². The van der Waals surface area contributed by atoms with Crippen molar-refractivity contribution in [3.8, 4) is 0 Å². The van der Waals surface area contributed by atoms with Crippen molar-refractivity contribution in [1.82, 2.24) is 9.78 Å². The largest absolute Gasteiger partial charge is 0.388 e. The number of hydrogen-bond donors (Lipinski definition) is 1. The van der Waals surface area contributed by atoms with E-state index in [2.05, 4.69) is 5.10 Å². The molecular formula is C15H17Cl2FN2O. The highest BCUT2D eigenvalue weighted by molar-refractivity contribution is 6.30. The fourth-order valence-electron chi connectivity index (χ4n) is 2.27. The van der Waals surface area contributed by atoms with Crippen LogP contribution >= 0.6 is 23.2 Å². The molecular weight excluding hydrogens is 314 g/mol. The van der Waals surface area contributed by atoms with Gasteiger partial charge in [0, 0.05) is 24.1 Å². The summed E-state index contributed by atoms with van der Waals surface area (Å²) in [5.41, 5.74) is 1.68. The molecule has 1 aromatic heterocycles. The van der Waals surface area contributed by atoms with Crippen molar-refractivity contribution in [1.29, 1.82) is 0 Å². The average molecular weight is 331 g/mol. The Kier molecular flexibility index (Phi) is 4.91. The molecule has 0 spiro atoms. The van der Waals surface area contributed by atoms with Crippen LogP contribution in [0.5, 0.6) is 0 Å². The summed E-state index contributed by atoms with van der Waals surface area (Å²) in [6.45, 7) is 3.94. The summed E-state index contributed by atoms with van der Waals surface area (Å²) in [4.78, 5) is 0. The summed E-state index contributed by atoms with van der Waals surface area (Å²) in [6.07, 6.45) is -0.798. The highest BCUT2D eigenvalue weighted by Gasteiger charge is 2.24. The van der Waals surface area contributed by atoms with Crippen molar-refractivity contribution in [3.63, 3.8) is 0 Å². The van der Waals surface area contributed by atoms with E-state index >= 15 is 0 Å². The quantitative estimate of drug-likeness (QED) is 0.909. The topological polar surface area (TPSA) is 38.0 Å². The number of benzene rings is 1. The van der Waals surface area contributed by atoms with E-state index in [0.29, 0.717) is 21.3 Å². The number of rotatable bonds is 4. The van der Waals surface area contributed by atoms with Gasteiger partial charge in [-0.05, 0) is 23.6 Å². The maximum absolute atomic E-state index is 13.8. The molecule has 0 fully saturated rings. The van der Waals surface area contributed by atoms with Crippen molar-refractivity contribution in [2.45, 2.75) is 32.3 Å². The predicted molar refractivity (Wildman–Crippen MR) is 82.4 cm³/mol. The maximum atomic E-state index is 13.8. The number of aliphatic hydroxyl groups excluding tert-OH is 1. The lowest BCUT2D eigenvalue weighted by molar-refractivity contribution is 0.175. The zero-order valence-electron chi connectivity index (χ0n) is 12.1. The molecule has 0 aliphatic carbocycles. The van der Waals surface area contributed by atoms with Crippen LogP contribution in [-0.2, 0) is 13.5 Å². The fraction of sp³-hybridized carbons (Fsp3) is 0.400. The molecule has 0 saturated heterocycles. The van der Waals surface area contributed by atoms with Crippen LogP contribution in [0.2, 0.25) is 10.2 Å². The van der Waals surface area contributed by atoms with Crippen molar-refractivity contribution in [2.75, 3.05) is 0 Å². The van der Waals surface area contributed by atoms with Crippen LogP contribution in [-0.4, -0.2) is 14.9 Å². The molecule has 1 heterocycles. The predicted octanol–water partition coefficient (Wildman–Crippen LogP) is 4.27. The molecule has 0 radical (unpaired) electrons. The average Bonchev–Trinajstić information content (AvgIpc) is 2.69. The molecule has 3 nitrogen and oxygen atoms in total. The molecule has 1 unspecified atom stereocenters. The maximum Gasteiger partial charge on any atom is 0.132 e. The van der Waals surface area contributed by atoms with E-state index in [4.69, 9.17) is 23.2 Å². The van der Waals surface area contributed by atoms with Crippen molar-refractivity contribution in [2.24, 2.45) is 7.05 Å². The van der Waals surface area contributed by atoms with Gasteiger partial charge in [0.25, 0.3) is 0 Å². The summed E-state index contributed by atoms with van der Waals surface area (Å²) >= 11 is 11.9. The smallest absolute Gasteiger partial charge is 0.132 e. The van der Waals surface area contributed by atoms with Crippen LogP contribution in [0.3, 0.4) is 0 Å². The number of nitrogens with zero attached hydrogens (tertiary/aromatic N) is 2. The van der Waals surface area contributed by atoms with Crippen LogP contribution in [0.15, 0.2) is 18.2 Å². The van der Waals surface area contributed by atoms with Crippen LogP contribution in [0.25, 0.3) is 0 Å². The van der Waals surface area contributed by atoms with E-state index < -0.39 is 11.9 Å². The lowest BCUT2D eigenvalue weighted by Gasteiger charge is -2.14. The minimum absolute atomic E-state index is 0.114. The zero-order chi connectivity index (χ0) is 15.7. The van der Waals surface area contributed by atoms with Crippen molar-refractivity contribution < 1.29 is 9.50 Å². The Bertz CT molecular complexity index is 655. The van der Waals surface area contributed by atoms with E-state index in [1.165, 1.54) is 10.7 Å². The Hall–Kier alpha value is -1.10. The first-order valence-corrected chi connectivity index (χ1v) is 7.41. The summed E-state index contributed by atoms with van der Waals surface area (Å²) in [7, 11) is 1.72. The molecule has 1 atom stereocenters. The normalized spacial score (nSPS) is 13.0. The second kappa shape index (κ2) is 6.34. The van der Waals surface area contributed by atoms with Gasteiger partial charge in [-0.3, -0.25) is 4.68 Å². The number of aliphatic hydroxyl groups is 1. The molecule has 21 heavy (non-hydrogen) atoms.